The van der Waals surface area contributed by atoms with Crippen LogP contribution in [0.3, 0.4) is 0 Å². The number of benzene rings is 1. The maximum atomic E-state index is 12.0. The zero-order chi connectivity index (χ0) is 17.3. The Hall–Kier alpha value is -2.60. The number of carbonyl (C=O) groups is 1. The van der Waals surface area contributed by atoms with Gasteiger partial charge in [0.25, 0.3) is 0 Å². The molecule has 2 N–H and O–H groups in total. The van der Waals surface area contributed by atoms with Gasteiger partial charge in [0.2, 0.25) is 5.91 Å². The first-order valence-electron chi connectivity index (χ1n) is 8.71. The quantitative estimate of drug-likeness (QED) is 0.757. The summed E-state index contributed by atoms with van der Waals surface area (Å²) >= 11 is 0. The first-order valence-corrected chi connectivity index (χ1v) is 8.71. The molecule has 1 aliphatic heterocycles. The third-order valence-corrected chi connectivity index (χ3v) is 4.03. The van der Waals surface area contributed by atoms with Crippen molar-refractivity contribution in [1.82, 2.24) is 10.3 Å². The Balaban J connectivity index is 1.38. The normalized spacial score (nSPS) is 14.2. The highest BCUT2D eigenvalue weighted by atomic mass is 16.5. The first-order chi connectivity index (χ1) is 12.3. The molecule has 2 aromatic rings. The van der Waals surface area contributed by atoms with Gasteiger partial charge in [-0.1, -0.05) is 18.2 Å². The molecule has 25 heavy (non-hydrogen) atoms. The van der Waals surface area contributed by atoms with E-state index in [1.54, 1.807) is 6.20 Å². The van der Waals surface area contributed by atoms with Crippen molar-refractivity contribution in [2.24, 2.45) is 0 Å². The second kappa shape index (κ2) is 9.03. The minimum absolute atomic E-state index is 0.0200. The highest BCUT2D eigenvalue weighted by Gasteiger charge is 2.11. The van der Waals surface area contributed by atoms with Gasteiger partial charge in [-0.05, 0) is 30.7 Å². The lowest BCUT2D eigenvalue weighted by Crippen LogP contribution is -2.43. The zero-order valence-electron chi connectivity index (χ0n) is 14.3. The fourth-order valence-electron chi connectivity index (χ4n) is 2.70. The van der Waals surface area contributed by atoms with E-state index in [4.69, 9.17) is 4.74 Å². The fraction of sp³-hybridized carbons (Fsp3) is 0.368. The Morgan fingerprint density at radius 3 is 2.68 bits per heavy atom. The number of anilines is 2. The van der Waals surface area contributed by atoms with Gasteiger partial charge < -0.3 is 20.3 Å². The van der Waals surface area contributed by atoms with Crippen LogP contribution in [-0.2, 0) is 4.79 Å². The van der Waals surface area contributed by atoms with Gasteiger partial charge in [0, 0.05) is 32.6 Å². The van der Waals surface area contributed by atoms with Crippen LogP contribution in [0.5, 0.6) is 5.75 Å². The zero-order valence-corrected chi connectivity index (χ0v) is 14.3. The molecular formula is C19H24N4O2. The van der Waals surface area contributed by atoms with Gasteiger partial charge in [-0.25, -0.2) is 4.98 Å². The van der Waals surface area contributed by atoms with E-state index in [2.05, 4.69) is 20.5 Å². The van der Waals surface area contributed by atoms with Crippen LogP contribution in [0.1, 0.15) is 12.8 Å². The number of piperazine rings is 1. The number of nitrogens with one attached hydrogen (secondary N) is 2. The Kier molecular flexibility index (Phi) is 6.23. The van der Waals surface area contributed by atoms with Gasteiger partial charge in [0.15, 0.2) is 0 Å². The van der Waals surface area contributed by atoms with Crippen LogP contribution in [0.2, 0.25) is 0 Å². The number of amides is 1. The van der Waals surface area contributed by atoms with E-state index in [1.807, 2.05) is 42.5 Å². The molecule has 132 valence electrons. The van der Waals surface area contributed by atoms with Crippen LogP contribution in [0.15, 0.2) is 48.7 Å². The number of hydrogen-bond donors (Lipinski definition) is 2. The molecule has 1 aromatic heterocycles. The van der Waals surface area contributed by atoms with Crippen molar-refractivity contribution in [3.05, 3.63) is 48.7 Å². The van der Waals surface area contributed by atoms with Gasteiger partial charge in [0.1, 0.15) is 11.6 Å². The maximum absolute atomic E-state index is 12.0. The van der Waals surface area contributed by atoms with E-state index in [0.717, 1.165) is 43.4 Å². The number of aromatic nitrogens is 1. The summed E-state index contributed by atoms with van der Waals surface area (Å²) in [6.45, 7) is 4.40. The lowest BCUT2D eigenvalue weighted by atomic mass is 10.3. The topological polar surface area (TPSA) is 66.5 Å². The van der Waals surface area contributed by atoms with Crippen LogP contribution in [0.25, 0.3) is 0 Å². The van der Waals surface area contributed by atoms with E-state index < -0.39 is 0 Å². The SMILES string of the molecule is O=C(CCCOc1ccccc1)Nc1ccc(N2CCNCC2)nc1. The number of nitrogens with zero attached hydrogens (tertiary/aromatic N) is 2. The Morgan fingerprint density at radius 1 is 1.16 bits per heavy atom. The average molecular weight is 340 g/mol. The van der Waals surface area contributed by atoms with E-state index in [9.17, 15) is 4.79 Å². The lowest BCUT2D eigenvalue weighted by Gasteiger charge is -2.28. The molecule has 1 amide bonds. The van der Waals surface area contributed by atoms with Crippen molar-refractivity contribution in [2.75, 3.05) is 43.0 Å². The molecule has 1 saturated heterocycles. The van der Waals surface area contributed by atoms with Gasteiger partial charge >= 0.3 is 0 Å². The van der Waals surface area contributed by atoms with Gasteiger partial charge in [-0.2, -0.15) is 0 Å². The molecule has 2 heterocycles. The monoisotopic (exact) mass is 340 g/mol. The Bertz CT molecular complexity index is 655. The first kappa shape index (κ1) is 17.2. The number of para-hydroxylation sites is 1. The maximum Gasteiger partial charge on any atom is 0.224 e. The van der Waals surface area contributed by atoms with Crippen molar-refractivity contribution < 1.29 is 9.53 Å². The molecule has 0 unspecified atom stereocenters. The van der Waals surface area contributed by atoms with E-state index in [1.165, 1.54) is 0 Å². The smallest absolute Gasteiger partial charge is 0.224 e. The fourth-order valence-corrected chi connectivity index (χ4v) is 2.70. The van der Waals surface area contributed by atoms with Crippen LogP contribution in [-0.4, -0.2) is 43.7 Å². The van der Waals surface area contributed by atoms with E-state index in [0.29, 0.717) is 19.4 Å². The minimum Gasteiger partial charge on any atom is -0.494 e. The largest absolute Gasteiger partial charge is 0.494 e. The molecule has 1 aliphatic rings. The minimum atomic E-state index is -0.0200. The molecule has 0 spiro atoms. The molecule has 3 rings (SSSR count). The summed E-state index contributed by atoms with van der Waals surface area (Å²) in [5, 5.41) is 6.20. The summed E-state index contributed by atoms with van der Waals surface area (Å²) in [6.07, 6.45) is 2.81. The van der Waals surface area contributed by atoms with Crippen molar-refractivity contribution >= 4 is 17.4 Å². The Morgan fingerprint density at radius 2 is 1.96 bits per heavy atom. The molecule has 0 saturated carbocycles. The predicted molar refractivity (Wildman–Crippen MR) is 99.1 cm³/mol. The van der Waals surface area contributed by atoms with Crippen molar-refractivity contribution in [2.45, 2.75) is 12.8 Å². The summed E-state index contributed by atoms with van der Waals surface area (Å²) in [5.41, 5.74) is 0.730. The van der Waals surface area contributed by atoms with E-state index in [-0.39, 0.29) is 5.91 Å². The van der Waals surface area contributed by atoms with Crippen LogP contribution < -0.4 is 20.3 Å². The second-order valence-corrected chi connectivity index (χ2v) is 5.96. The summed E-state index contributed by atoms with van der Waals surface area (Å²) in [4.78, 5) is 18.7. The summed E-state index contributed by atoms with van der Waals surface area (Å²) in [5.74, 6) is 1.76. The number of rotatable bonds is 7. The highest BCUT2D eigenvalue weighted by molar-refractivity contribution is 5.90. The van der Waals surface area contributed by atoms with Crippen LogP contribution >= 0.6 is 0 Å². The standard InChI is InChI=1S/C19H24N4O2/c24-19(7-4-14-25-17-5-2-1-3-6-17)22-16-8-9-18(21-15-16)23-12-10-20-11-13-23/h1-3,5-6,8-9,15,20H,4,7,10-14H2,(H,22,24). The number of ether oxygens (including phenoxy) is 1. The van der Waals surface area contributed by atoms with Crippen LogP contribution in [0, 0.1) is 0 Å². The number of carbonyl (C=O) groups excluding carboxylic acids is 1. The van der Waals surface area contributed by atoms with Crippen LogP contribution in [0.4, 0.5) is 11.5 Å². The summed E-state index contributed by atoms with van der Waals surface area (Å²) in [6, 6.07) is 13.5. The second-order valence-electron chi connectivity index (χ2n) is 5.96. The molecule has 6 heteroatoms. The predicted octanol–water partition coefficient (Wildman–Crippen LogP) is 2.29. The summed E-state index contributed by atoms with van der Waals surface area (Å²) in [7, 11) is 0. The van der Waals surface area contributed by atoms with Crippen molar-refractivity contribution in [1.29, 1.82) is 0 Å². The molecule has 0 bridgehead atoms. The van der Waals surface area contributed by atoms with E-state index >= 15 is 0 Å². The van der Waals surface area contributed by atoms with Gasteiger partial charge in [-0.3, -0.25) is 4.79 Å². The van der Waals surface area contributed by atoms with Crippen molar-refractivity contribution in [3.8, 4) is 5.75 Å². The highest BCUT2D eigenvalue weighted by Crippen LogP contribution is 2.15. The lowest BCUT2D eigenvalue weighted by molar-refractivity contribution is -0.116. The van der Waals surface area contributed by atoms with Crippen molar-refractivity contribution in [3.63, 3.8) is 0 Å². The Labute approximate surface area is 148 Å². The molecule has 6 nitrogen and oxygen atoms in total. The number of pyridine rings is 1. The van der Waals surface area contributed by atoms with Gasteiger partial charge in [-0.15, -0.1) is 0 Å². The molecule has 1 aromatic carbocycles. The summed E-state index contributed by atoms with van der Waals surface area (Å²) < 4.78 is 5.59. The molecule has 0 radical (unpaired) electrons. The molecule has 0 atom stereocenters. The number of hydrogen-bond acceptors (Lipinski definition) is 5. The molecule has 1 fully saturated rings. The third kappa shape index (κ3) is 5.46. The third-order valence-electron chi connectivity index (χ3n) is 4.03. The average Bonchev–Trinajstić information content (AvgIpc) is 2.67. The van der Waals surface area contributed by atoms with Gasteiger partial charge in [0.05, 0.1) is 18.5 Å². The molecule has 0 aliphatic carbocycles. The molecular weight excluding hydrogens is 316 g/mol.